The molecule has 0 aliphatic carbocycles. The predicted octanol–water partition coefficient (Wildman–Crippen LogP) is 5.47. The van der Waals surface area contributed by atoms with E-state index in [1.54, 1.807) is 24.9 Å². The Morgan fingerprint density at radius 1 is 1.06 bits per heavy atom. The highest BCUT2D eigenvalue weighted by atomic mass is 19.1. The largest absolute Gasteiger partial charge is 0.496 e. The van der Waals surface area contributed by atoms with Gasteiger partial charge in [0.2, 0.25) is 0 Å². The van der Waals surface area contributed by atoms with Crippen molar-refractivity contribution in [3.8, 4) is 16.9 Å². The lowest BCUT2D eigenvalue weighted by Gasteiger charge is -2.10. The van der Waals surface area contributed by atoms with Crippen LogP contribution in [-0.4, -0.2) is 37.0 Å². The zero-order valence-electron chi connectivity index (χ0n) is 19.8. The van der Waals surface area contributed by atoms with Crippen molar-refractivity contribution in [3.63, 3.8) is 0 Å². The summed E-state index contributed by atoms with van der Waals surface area (Å²) in [5.41, 5.74) is 4.79. The molecule has 35 heavy (non-hydrogen) atoms. The quantitative estimate of drug-likeness (QED) is 0.351. The van der Waals surface area contributed by atoms with Crippen molar-refractivity contribution in [2.45, 2.75) is 20.8 Å². The number of hydrogen-bond donors (Lipinski definition) is 2. The second-order valence-electron chi connectivity index (χ2n) is 8.52. The number of hydrogen-bond acceptors (Lipinski definition) is 7. The molecule has 0 atom stereocenters. The van der Waals surface area contributed by atoms with Gasteiger partial charge in [0.15, 0.2) is 5.82 Å². The number of aryl methyl sites for hydroxylation is 4. The summed E-state index contributed by atoms with van der Waals surface area (Å²) >= 11 is 0. The molecule has 10 heteroatoms. The van der Waals surface area contributed by atoms with Crippen LogP contribution in [0.5, 0.6) is 5.75 Å². The molecule has 4 aromatic heterocycles. The number of ether oxygens (including phenoxy) is 1. The van der Waals surface area contributed by atoms with Crippen LogP contribution in [0.15, 0.2) is 34.9 Å². The van der Waals surface area contributed by atoms with Crippen LogP contribution in [0.1, 0.15) is 17.3 Å². The first-order chi connectivity index (χ1) is 16.8. The average molecular weight is 471 g/mol. The third-order valence-corrected chi connectivity index (χ3v) is 6.24. The number of rotatable bonds is 4. The van der Waals surface area contributed by atoms with E-state index in [-0.39, 0.29) is 5.82 Å². The van der Waals surface area contributed by atoms with Crippen molar-refractivity contribution in [3.05, 3.63) is 53.4 Å². The third-order valence-electron chi connectivity index (χ3n) is 6.24. The van der Waals surface area contributed by atoms with Crippen molar-refractivity contribution in [1.29, 1.82) is 0 Å². The lowest BCUT2D eigenvalue weighted by Crippen LogP contribution is -2.00. The number of aromatic amines is 1. The van der Waals surface area contributed by atoms with Gasteiger partial charge in [0.05, 0.1) is 29.3 Å². The molecule has 9 nitrogen and oxygen atoms in total. The minimum atomic E-state index is -0.315. The van der Waals surface area contributed by atoms with E-state index in [9.17, 15) is 4.39 Å². The van der Waals surface area contributed by atoms with Gasteiger partial charge in [-0.25, -0.2) is 14.4 Å². The van der Waals surface area contributed by atoms with Gasteiger partial charge < -0.3 is 19.6 Å². The van der Waals surface area contributed by atoms with Gasteiger partial charge in [-0.3, -0.25) is 4.68 Å². The van der Waals surface area contributed by atoms with E-state index in [0.717, 1.165) is 38.5 Å². The molecule has 6 aromatic rings. The third kappa shape index (κ3) is 3.21. The summed E-state index contributed by atoms with van der Waals surface area (Å²) in [6.45, 7) is 5.61. The Kier molecular flexibility index (Phi) is 4.53. The van der Waals surface area contributed by atoms with Crippen molar-refractivity contribution in [2.24, 2.45) is 7.05 Å². The first kappa shape index (κ1) is 21.1. The molecule has 0 amide bonds. The van der Waals surface area contributed by atoms with Crippen molar-refractivity contribution >= 4 is 44.5 Å². The maximum atomic E-state index is 13.8. The molecule has 0 unspecified atom stereocenters. The molecule has 0 aliphatic heterocycles. The highest BCUT2D eigenvalue weighted by Crippen LogP contribution is 2.41. The molecule has 0 saturated heterocycles. The summed E-state index contributed by atoms with van der Waals surface area (Å²) in [6.07, 6.45) is 0. The average Bonchev–Trinajstić information content (AvgIpc) is 3.45. The summed E-state index contributed by atoms with van der Waals surface area (Å²) in [5.74, 6) is 2.84. The number of fused-ring (bicyclic) bond motifs is 4. The second kappa shape index (κ2) is 7.52. The number of aromatic nitrogens is 6. The van der Waals surface area contributed by atoms with Gasteiger partial charge in [-0.1, -0.05) is 5.16 Å². The molecule has 0 spiro atoms. The Bertz CT molecular complexity index is 1760. The SMILES string of the molecule is COc1cc2c(cc1-c1c(C)noc1C)[nH]c1nc(C)nc(Nc3nn(C)c4cc(F)ccc34)c12. The van der Waals surface area contributed by atoms with Gasteiger partial charge in [0.25, 0.3) is 0 Å². The first-order valence-corrected chi connectivity index (χ1v) is 11.0. The summed E-state index contributed by atoms with van der Waals surface area (Å²) in [7, 11) is 3.41. The van der Waals surface area contributed by atoms with Crippen molar-refractivity contribution in [1.82, 2.24) is 29.9 Å². The zero-order valence-corrected chi connectivity index (χ0v) is 19.8. The van der Waals surface area contributed by atoms with E-state index >= 15 is 0 Å². The number of nitrogens with one attached hydrogen (secondary N) is 2. The Balaban J connectivity index is 1.58. The van der Waals surface area contributed by atoms with Gasteiger partial charge in [-0.15, -0.1) is 0 Å². The van der Waals surface area contributed by atoms with E-state index in [2.05, 4.69) is 30.5 Å². The molecule has 0 radical (unpaired) electrons. The number of halogens is 1. The Labute approximate surface area is 198 Å². The topological polar surface area (TPSA) is 107 Å². The maximum Gasteiger partial charge on any atom is 0.161 e. The van der Waals surface area contributed by atoms with Gasteiger partial charge in [0, 0.05) is 28.9 Å². The fourth-order valence-electron chi connectivity index (χ4n) is 4.69. The van der Waals surface area contributed by atoms with Gasteiger partial charge in [-0.05, 0) is 51.1 Å². The molecule has 0 aliphatic rings. The lowest BCUT2D eigenvalue weighted by molar-refractivity contribution is 0.393. The fraction of sp³-hybridized carbons (Fsp3) is 0.200. The number of nitrogens with zero attached hydrogens (tertiary/aromatic N) is 5. The molecular weight excluding hydrogens is 449 g/mol. The molecular formula is C25H22FN7O2. The molecule has 4 heterocycles. The molecule has 2 N–H and O–H groups in total. The van der Waals surface area contributed by atoms with E-state index in [1.165, 1.54) is 12.1 Å². The highest BCUT2D eigenvalue weighted by Gasteiger charge is 2.21. The van der Waals surface area contributed by atoms with Crippen LogP contribution in [0.2, 0.25) is 0 Å². The fourth-order valence-corrected chi connectivity index (χ4v) is 4.69. The smallest absolute Gasteiger partial charge is 0.161 e. The van der Waals surface area contributed by atoms with Crippen LogP contribution >= 0.6 is 0 Å². The van der Waals surface area contributed by atoms with Crippen molar-refractivity contribution in [2.75, 3.05) is 12.4 Å². The van der Waals surface area contributed by atoms with E-state index in [0.29, 0.717) is 40.1 Å². The van der Waals surface area contributed by atoms with Crippen LogP contribution in [0, 0.1) is 26.6 Å². The van der Waals surface area contributed by atoms with Crippen LogP contribution in [0.4, 0.5) is 16.0 Å². The standard InChI is InChI=1S/C25H22FN7O2/c1-11-21(12(2)35-32-11)17-9-18-16(10-20(17)34-5)22-24(29-18)27-13(3)28-25(22)30-23-15-7-6-14(26)8-19(15)33(4)31-23/h6-10H,1-5H3,(H2,27,28,29,30,31). The summed E-state index contributed by atoms with van der Waals surface area (Å²) in [5, 5.41) is 14.5. The Hall–Kier alpha value is -4.47. The lowest BCUT2D eigenvalue weighted by atomic mass is 10.0. The molecule has 6 rings (SSSR count). The summed E-state index contributed by atoms with van der Waals surface area (Å²) in [6, 6.07) is 8.56. The Morgan fingerprint density at radius 2 is 1.89 bits per heavy atom. The second-order valence-corrected chi connectivity index (χ2v) is 8.52. The van der Waals surface area contributed by atoms with Gasteiger partial charge in [-0.2, -0.15) is 5.10 Å². The molecule has 176 valence electrons. The van der Waals surface area contributed by atoms with E-state index in [1.807, 2.05) is 32.9 Å². The molecule has 0 bridgehead atoms. The van der Waals surface area contributed by atoms with E-state index < -0.39 is 0 Å². The predicted molar refractivity (Wildman–Crippen MR) is 132 cm³/mol. The number of benzene rings is 2. The monoisotopic (exact) mass is 471 g/mol. The van der Waals surface area contributed by atoms with Crippen LogP contribution in [0.3, 0.4) is 0 Å². The highest BCUT2D eigenvalue weighted by molar-refractivity contribution is 6.13. The van der Waals surface area contributed by atoms with Crippen LogP contribution < -0.4 is 10.1 Å². The van der Waals surface area contributed by atoms with Crippen molar-refractivity contribution < 1.29 is 13.7 Å². The minimum Gasteiger partial charge on any atom is -0.496 e. The molecule has 0 fully saturated rings. The first-order valence-electron chi connectivity index (χ1n) is 11.0. The maximum absolute atomic E-state index is 13.8. The zero-order chi connectivity index (χ0) is 24.4. The minimum absolute atomic E-state index is 0.315. The number of methoxy groups -OCH3 is 1. The summed E-state index contributed by atoms with van der Waals surface area (Å²) in [4.78, 5) is 12.7. The molecule has 0 saturated carbocycles. The normalized spacial score (nSPS) is 11.7. The van der Waals surface area contributed by atoms with Crippen LogP contribution in [-0.2, 0) is 7.05 Å². The Morgan fingerprint density at radius 3 is 2.63 bits per heavy atom. The number of anilines is 2. The van der Waals surface area contributed by atoms with E-state index in [4.69, 9.17) is 9.26 Å². The van der Waals surface area contributed by atoms with Crippen LogP contribution in [0.25, 0.3) is 44.0 Å². The van der Waals surface area contributed by atoms with Gasteiger partial charge in [0.1, 0.15) is 34.6 Å². The summed E-state index contributed by atoms with van der Waals surface area (Å²) < 4.78 is 26.6. The number of H-pyrrole nitrogens is 1. The van der Waals surface area contributed by atoms with Gasteiger partial charge >= 0.3 is 0 Å². The molecule has 2 aromatic carbocycles.